The standard InChI is InChI=1S/C23H33N5O3/c1-3-26(4-2)23(31)19-25-15-17-27(18-16-25)21(29)11-12-22(30)28(14-8-13-24)20-9-6-5-7-10-20/h5-7,9-10H,3-4,8,11-12,14-19H2,1-2H3. The Morgan fingerprint density at radius 1 is 0.968 bits per heavy atom. The minimum Gasteiger partial charge on any atom is -0.342 e. The number of carbonyl (C=O) groups is 3. The number of nitriles is 1. The lowest BCUT2D eigenvalue weighted by molar-refractivity contribution is -0.136. The first-order chi connectivity index (χ1) is 15.0. The van der Waals surface area contributed by atoms with Crippen molar-refractivity contribution in [3.05, 3.63) is 30.3 Å². The lowest BCUT2D eigenvalue weighted by atomic mass is 10.2. The topological polar surface area (TPSA) is 88.0 Å². The number of benzene rings is 1. The highest BCUT2D eigenvalue weighted by Gasteiger charge is 2.24. The first-order valence-corrected chi connectivity index (χ1v) is 11.0. The van der Waals surface area contributed by atoms with Crippen LogP contribution >= 0.6 is 0 Å². The van der Waals surface area contributed by atoms with Crippen molar-refractivity contribution < 1.29 is 14.4 Å². The second-order valence-electron chi connectivity index (χ2n) is 7.51. The van der Waals surface area contributed by atoms with Gasteiger partial charge in [0.25, 0.3) is 0 Å². The van der Waals surface area contributed by atoms with Gasteiger partial charge in [0.1, 0.15) is 0 Å². The Balaban J connectivity index is 1.81. The maximum absolute atomic E-state index is 12.7. The average molecular weight is 428 g/mol. The molecule has 0 spiro atoms. The van der Waals surface area contributed by atoms with Crippen LogP contribution in [-0.4, -0.2) is 84.8 Å². The zero-order chi connectivity index (χ0) is 22.6. The third-order valence-electron chi connectivity index (χ3n) is 5.57. The fraction of sp³-hybridized carbons (Fsp3) is 0.565. The van der Waals surface area contributed by atoms with Crippen LogP contribution in [0.4, 0.5) is 5.69 Å². The Morgan fingerprint density at radius 2 is 1.61 bits per heavy atom. The molecule has 0 unspecified atom stereocenters. The van der Waals surface area contributed by atoms with E-state index in [9.17, 15) is 14.4 Å². The first kappa shape index (κ1) is 24.4. The first-order valence-electron chi connectivity index (χ1n) is 11.0. The second kappa shape index (κ2) is 12.7. The van der Waals surface area contributed by atoms with Gasteiger partial charge < -0.3 is 14.7 Å². The van der Waals surface area contributed by atoms with Crippen LogP contribution in [0.25, 0.3) is 0 Å². The van der Waals surface area contributed by atoms with Gasteiger partial charge in [-0.1, -0.05) is 18.2 Å². The maximum Gasteiger partial charge on any atom is 0.236 e. The van der Waals surface area contributed by atoms with Gasteiger partial charge in [0.15, 0.2) is 0 Å². The predicted octanol–water partition coefficient (Wildman–Crippen LogP) is 1.73. The second-order valence-corrected chi connectivity index (χ2v) is 7.51. The van der Waals surface area contributed by atoms with E-state index >= 15 is 0 Å². The summed E-state index contributed by atoms with van der Waals surface area (Å²) in [4.78, 5) is 44.8. The number of piperazine rings is 1. The van der Waals surface area contributed by atoms with Crippen molar-refractivity contribution in [2.24, 2.45) is 0 Å². The van der Waals surface area contributed by atoms with Gasteiger partial charge in [0.05, 0.1) is 19.0 Å². The van der Waals surface area contributed by atoms with Gasteiger partial charge in [0, 0.05) is 64.3 Å². The molecule has 0 radical (unpaired) electrons. The highest BCUT2D eigenvalue weighted by molar-refractivity contribution is 5.95. The summed E-state index contributed by atoms with van der Waals surface area (Å²) in [5, 5.41) is 8.89. The van der Waals surface area contributed by atoms with E-state index in [1.165, 1.54) is 0 Å². The zero-order valence-corrected chi connectivity index (χ0v) is 18.6. The van der Waals surface area contributed by atoms with Crippen LogP contribution in [0.1, 0.15) is 33.1 Å². The summed E-state index contributed by atoms with van der Waals surface area (Å²) in [5.74, 6) is -0.0802. The Kier molecular flexibility index (Phi) is 9.98. The summed E-state index contributed by atoms with van der Waals surface area (Å²) < 4.78 is 0. The molecule has 1 saturated heterocycles. The van der Waals surface area contributed by atoms with E-state index in [2.05, 4.69) is 11.0 Å². The third-order valence-corrected chi connectivity index (χ3v) is 5.57. The minimum atomic E-state index is -0.154. The molecule has 0 N–H and O–H groups in total. The molecule has 2 rings (SSSR count). The van der Waals surface area contributed by atoms with Crippen molar-refractivity contribution in [1.29, 1.82) is 5.26 Å². The van der Waals surface area contributed by atoms with Gasteiger partial charge in [0.2, 0.25) is 17.7 Å². The van der Waals surface area contributed by atoms with E-state index in [4.69, 9.17) is 5.26 Å². The number of nitrogens with zero attached hydrogens (tertiary/aromatic N) is 5. The molecule has 1 aromatic carbocycles. The predicted molar refractivity (Wildman–Crippen MR) is 119 cm³/mol. The fourth-order valence-corrected chi connectivity index (χ4v) is 3.70. The van der Waals surface area contributed by atoms with Crippen LogP contribution in [0.15, 0.2) is 30.3 Å². The molecule has 1 aromatic rings. The number of para-hydroxylation sites is 1. The molecule has 1 fully saturated rings. The number of likely N-dealkylation sites (N-methyl/N-ethyl adjacent to an activating group) is 1. The number of rotatable bonds is 10. The normalized spacial score (nSPS) is 14.0. The molecule has 0 aromatic heterocycles. The summed E-state index contributed by atoms with van der Waals surface area (Å²) in [6.45, 7) is 8.49. The maximum atomic E-state index is 12.7. The smallest absolute Gasteiger partial charge is 0.236 e. The lowest BCUT2D eigenvalue weighted by Crippen LogP contribution is -2.51. The van der Waals surface area contributed by atoms with Crippen LogP contribution in [-0.2, 0) is 14.4 Å². The van der Waals surface area contributed by atoms with Gasteiger partial charge in [-0.3, -0.25) is 19.3 Å². The third kappa shape index (κ3) is 7.37. The number of amides is 3. The molecule has 1 aliphatic heterocycles. The Labute approximate surface area is 185 Å². The Bertz CT molecular complexity index is 765. The highest BCUT2D eigenvalue weighted by atomic mass is 16.2. The van der Waals surface area contributed by atoms with Crippen LogP contribution in [0.3, 0.4) is 0 Å². The number of anilines is 1. The minimum absolute atomic E-state index is 0.0450. The molecule has 0 bridgehead atoms. The van der Waals surface area contributed by atoms with E-state index in [0.29, 0.717) is 52.4 Å². The molecule has 3 amide bonds. The largest absolute Gasteiger partial charge is 0.342 e. The van der Waals surface area contributed by atoms with Crippen LogP contribution < -0.4 is 4.90 Å². The molecule has 168 valence electrons. The van der Waals surface area contributed by atoms with Crippen LogP contribution in [0, 0.1) is 11.3 Å². The molecule has 1 heterocycles. The van der Waals surface area contributed by atoms with Crippen molar-refractivity contribution in [3.63, 3.8) is 0 Å². The highest BCUT2D eigenvalue weighted by Crippen LogP contribution is 2.16. The molecular weight excluding hydrogens is 394 g/mol. The van der Waals surface area contributed by atoms with Crippen molar-refractivity contribution in [3.8, 4) is 6.07 Å². The summed E-state index contributed by atoms with van der Waals surface area (Å²) in [6, 6.07) is 11.3. The van der Waals surface area contributed by atoms with E-state index in [1.807, 2.05) is 49.1 Å². The van der Waals surface area contributed by atoms with Crippen LogP contribution in [0.2, 0.25) is 0 Å². The van der Waals surface area contributed by atoms with E-state index in [1.54, 1.807) is 9.80 Å². The summed E-state index contributed by atoms with van der Waals surface area (Å²) in [5.41, 5.74) is 0.738. The zero-order valence-electron chi connectivity index (χ0n) is 18.6. The summed E-state index contributed by atoms with van der Waals surface area (Å²) in [7, 11) is 0. The van der Waals surface area contributed by atoms with Crippen molar-refractivity contribution in [1.82, 2.24) is 14.7 Å². The van der Waals surface area contributed by atoms with Crippen molar-refractivity contribution in [2.45, 2.75) is 33.1 Å². The molecule has 0 atom stereocenters. The van der Waals surface area contributed by atoms with Gasteiger partial charge in [-0.15, -0.1) is 0 Å². The monoisotopic (exact) mass is 427 g/mol. The van der Waals surface area contributed by atoms with E-state index in [-0.39, 0.29) is 37.0 Å². The molecular formula is C23H33N5O3. The fourth-order valence-electron chi connectivity index (χ4n) is 3.70. The molecule has 8 nitrogen and oxygen atoms in total. The summed E-state index contributed by atoms with van der Waals surface area (Å²) in [6.07, 6.45) is 0.496. The molecule has 8 heteroatoms. The van der Waals surface area contributed by atoms with E-state index in [0.717, 1.165) is 5.69 Å². The quantitative estimate of drug-likeness (QED) is 0.567. The van der Waals surface area contributed by atoms with Gasteiger partial charge >= 0.3 is 0 Å². The molecule has 0 saturated carbocycles. The summed E-state index contributed by atoms with van der Waals surface area (Å²) >= 11 is 0. The van der Waals surface area contributed by atoms with Crippen LogP contribution in [0.5, 0.6) is 0 Å². The Morgan fingerprint density at radius 3 is 2.19 bits per heavy atom. The van der Waals surface area contributed by atoms with E-state index < -0.39 is 0 Å². The van der Waals surface area contributed by atoms with Crippen molar-refractivity contribution in [2.75, 3.05) is 57.3 Å². The molecule has 0 aliphatic carbocycles. The lowest BCUT2D eigenvalue weighted by Gasteiger charge is -2.35. The van der Waals surface area contributed by atoms with Crippen molar-refractivity contribution >= 4 is 23.4 Å². The van der Waals surface area contributed by atoms with Gasteiger partial charge in [-0.05, 0) is 26.0 Å². The van der Waals surface area contributed by atoms with Gasteiger partial charge in [-0.25, -0.2) is 0 Å². The number of hydrogen-bond acceptors (Lipinski definition) is 5. The molecule has 31 heavy (non-hydrogen) atoms. The average Bonchev–Trinajstić information content (AvgIpc) is 2.79. The SMILES string of the molecule is CCN(CC)C(=O)CN1CCN(C(=O)CCC(=O)N(CCC#N)c2ccccc2)CC1. The number of hydrogen-bond donors (Lipinski definition) is 0. The number of carbonyl (C=O) groups excluding carboxylic acids is 3. The Hall–Kier alpha value is -2.92. The van der Waals surface area contributed by atoms with Gasteiger partial charge in [-0.2, -0.15) is 5.26 Å². The molecule has 1 aliphatic rings.